The van der Waals surface area contributed by atoms with Gasteiger partial charge in [-0.3, -0.25) is 14.4 Å². The molecule has 2 saturated heterocycles. The predicted octanol–water partition coefficient (Wildman–Crippen LogP) is 4.85. The van der Waals surface area contributed by atoms with E-state index in [-0.39, 0.29) is 35.6 Å². The molecule has 4 rings (SSSR count). The van der Waals surface area contributed by atoms with Crippen molar-refractivity contribution in [3.8, 4) is 0 Å². The number of likely N-dealkylation sites (tertiary alicyclic amines) is 2. The molecule has 0 saturated carbocycles. The van der Waals surface area contributed by atoms with Gasteiger partial charge < -0.3 is 14.7 Å². The zero-order valence-corrected chi connectivity index (χ0v) is 21.9. The molecule has 0 spiro atoms. The second kappa shape index (κ2) is 11.2. The highest BCUT2D eigenvalue weighted by Gasteiger charge is 2.39. The Labute approximate surface area is 220 Å². The maximum Gasteiger partial charge on any atom is 0.253 e. The van der Waals surface area contributed by atoms with E-state index in [1.54, 1.807) is 35.9 Å². The van der Waals surface area contributed by atoms with Crippen LogP contribution in [-0.4, -0.2) is 71.7 Å². The van der Waals surface area contributed by atoms with Crippen LogP contribution in [0.5, 0.6) is 0 Å². The Bertz CT molecular complexity index is 1140. The molecule has 6 nitrogen and oxygen atoms in total. The first-order chi connectivity index (χ1) is 17.2. The quantitative estimate of drug-likeness (QED) is 0.564. The van der Waals surface area contributed by atoms with E-state index in [0.717, 1.165) is 5.56 Å². The summed E-state index contributed by atoms with van der Waals surface area (Å²) in [7, 11) is 1.75. The maximum atomic E-state index is 13.5. The predicted molar refractivity (Wildman–Crippen MR) is 138 cm³/mol. The molecule has 2 fully saturated rings. The second-order valence-corrected chi connectivity index (χ2v) is 10.4. The van der Waals surface area contributed by atoms with E-state index < -0.39 is 5.82 Å². The summed E-state index contributed by atoms with van der Waals surface area (Å²) in [6.45, 7) is 3.70. The molecular formula is C27H30Cl2FN3O3. The first kappa shape index (κ1) is 26.4. The van der Waals surface area contributed by atoms with Crippen LogP contribution in [0.25, 0.3) is 0 Å². The van der Waals surface area contributed by atoms with Crippen molar-refractivity contribution in [2.24, 2.45) is 5.92 Å². The minimum absolute atomic E-state index is 0.0373. The van der Waals surface area contributed by atoms with Gasteiger partial charge in [0, 0.05) is 63.6 Å². The van der Waals surface area contributed by atoms with Crippen LogP contribution in [0.2, 0.25) is 10.0 Å². The molecule has 2 heterocycles. The summed E-state index contributed by atoms with van der Waals surface area (Å²) in [5.41, 5.74) is 1.31. The van der Waals surface area contributed by atoms with Crippen LogP contribution in [0, 0.1) is 11.7 Å². The van der Waals surface area contributed by atoms with Crippen LogP contribution >= 0.6 is 23.2 Å². The molecule has 0 aliphatic carbocycles. The minimum atomic E-state index is -0.399. The average Bonchev–Trinajstić information content (AvgIpc) is 2.89. The number of amides is 3. The normalized spacial score (nSPS) is 20.8. The first-order valence-corrected chi connectivity index (χ1v) is 12.9. The molecule has 9 heteroatoms. The lowest BCUT2D eigenvalue weighted by atomic mass is 9.83. The van der Waals surface area contributed by atoms with E-state index in [1.165, 1.54) is 24.3 Å². The van der Waals surface area contributed by atoms with Crippen LogP contribution in [0.1, 0.15) is 48.0 Å². The van der Waals surface area contributed by atoms with E-state index in [0.29, 0.717) is 61.1 Å². The van der Waals surface area contributed by atoms with Gasteiger partial charge in [0.15, 0.2) is 0 Å². The molecule has 2 aromatic carbocycles. The SMILES string of the molecule is CC(=O)N1CCC(C(=O)N2CCC(N(C)C(=O)c3ccc(F)cc3)C(c3ccc(Cl)c(Cl)c3)C2)CC1. The Morgan fingerprint density at radius 2 is 1.56 bits per heavy atom. The van der Waals surface area contributed by atoms with Gasteiger partial charge in [0.1, 0.15) is 5.82 Å². The highest BCUT2D eigenvalue weighted by molar-refractivity contribution is 6.42. The van der Waals surface area contributed by atoms with E-state index in [4.69, 9.17) is 23.2 Å². The van der Waals surface area contributed by atoms with Crippen molar-refractivity contribution in [1.29, 1.82) is 0 Å². The van der Waals surface area contributed by atoms with Crippen molar-refractivity contribution >= 4 is 40.9 Å². The third kappa shape index (κ3) is 5.68. The molecule has 0 N–H and O–H groups in total. The molecule has 2 atom stereocenters. The van der Waals surface area contributed by atoms with Crippen molar-refractivity contribution < 1.29 is 18.8 Å². The molecule has 2 aromatic rings. The summed E-state index contributed by atoms with van der Waals surface area (Å²) in [5.74, 6) is -0.774. The van der Waals surface area contributed by atoms with Gasteiger partial charge in [-0.1, -0.05) is 29.3 Å². The Morgan fingerprint density at radius 3 is 2.17 bits per heavy atom. The van der Waals surface area contributed by atoms with E-state index >= 15 is 0 Å². The van der Waals surface area contributed by atoms with Crippen LogP contribution in [0.4, 0.5) is 4.39 Å². The third-order valence-corrected chi connectivity index (χ3v) is 8.20. The Hall–Kier alpha value is -2.64. The molecular weight excluding hydrogens is 504 g/mol. The van der Waals surface area contributed by atoms with Gasteiger partial charge in [-0.2, -0.15) is 0 Å². The minimum Gasteiger partial charge on any atom is -0.343 e. The fraction of sp³-hybridized carbons (Fsp3) is 0.444. The zero-order chi connectivity index (χ0) is 26.0. The summed E-state index contributed by atoms with van der Waals surface area (Å²) in [5, 5.41) is 0.856. The highest BCUT2D eigenvalue weighted by Crippen LogP contribution is 2.35. The maximum absolute atomic E-state index is 13.5. The van der Waals surface area contributed by atoms with Crippen LogP contribution < -0.4 is 0 Å². The number of carbonyl (C=O) groups is 3. The van der Waals surface area contributed by atoms with Crippen molar-refractivity contribution in [2.75, 3.05) is 33.2 Å². The smallest absolute Gasteiger partial charge is 0.253 e. The summed E-state index contributed by atoms with van der Waals surface area (Å²) in [4.78, 5) is 43.7. The standard InChI is InChI=1S/C27H30Cl2FN3O3/c1-17(34)32-12-9-19(10-13-32)27(36)33-14-11-25(22(16-33)20-5-8-23(28)24(29)15-20)31(2)26(35)18-3-6-21(30)7-4-18/h3-8,15,19,22,25H,9-14,16H2,1-2H3. The Morgan fingerprint density at radius 1 is 0.917 bits per heavy atom. The molecule has 0 aromatic heterocycles. The van der Waals surface area contributed by atoms with Gasteiger partial charge in [0.25, 0.3) is 5.91 Å². The summed E-state index contributed by atoms with van der Waals surface area (Å²) >= 11 is 12.5. The molecule has 2 aliphatic rings. The summed E-state index contributed by atoms with van der Waals surface area (Å²) in [6, 6.07) is 10.7. The largest absolute Gasteiger partial charge is 0.343 e. The van der Waals surface area contributed by atoms with Crippen molar-refractivity contribution in [3.63, 3.8) is 0 Å². The van der Waals surface area contributed by atoms with Gasteiger partial charge in [0.05, 0.1) is 10.0 Å². The zero-order valence-electron chi connectivity index (χ0n) is 20.4. The van der Waals surface area contributed by atoms with Crippen LogP contribution in [0.3, 0.4) is 0 Å². The lowest BCUT2D eigenvalue weighted by Gasteiger charge is -2.44. The van der Waals surface area contributed by atoms with Crippen molar-refractivity contribution in [2.45, 2.75) is 38.1 Å². The average molecular weight is 534 g/mol. The molecule has 3 amide bonds. The number of likely N-dealkylation sites (N-methyl/N-ethyl adjacent to an activating group) is 1. The number of rotatable bonds is 4. The van der Waals surface area contributed by atoms with E-state index in [9.17, 15) is 18.8 Å². The molecule has 2 unspecified atom stereocenters. The number of piperidine rings is 2. The number of carbonyl (C=O) groups excluding carboxylic acids is 3. The monoisotopic (exact) mass is 533 g/mol. The third-order valence-electron chi connectivity index (χ3n) is 7.46. The Kier molecular flexibility index (Phi) is 8.20. The number of hydrogen-bond donors (Lipinski definition) is 0. The highest BCUT2D eigenvalue weighted by atomic mass is 35.5. The summed E-state index contributed by atoms with van der Waals surface area (Å²) < 4.78 is 13.4. The van der Waals surface area contributed by atoms with Gasteiger partial charge in [-0.15, -0.1) is 0 Å². The molecule has 0 radical (unpaired) electrons. The number of nitrogens with zero attached hydrogens (tertiary/aromatic N) is 3. The second-order valence-electron chi connectivity index (χ2n) is 9.62. The van der Waals surface area contributed by atoms with E-state index in [2.05, 4.69) is 0 Å². The van der Waals surface area contributed by atoms with Crippen molar-refractivity contribution in [3.05, 3.63) is 69.5 Å². The van der Waals surface area contributed by atoms with Gasteiger partial charge >= 0.3 is 0 Å². The first-order valence-electron chi connectivity index (χ1n) is 12.2. The van der Waals surface area contributed by atoms with Crippen LogP contribution in [0.15, 0.2) is 42.5 Å². The van der Waals surface area contributed by atoms with Gasteiger partial charge in [0.2, 0.25) is 11.8 Å². The number of hydrogen-bond acceptors (Lipinski definition) is 3. The number of halogens is 3. The molecule has 36 heavy (non-hydrogen) atoms. The topological polar surface area (TPSA) is 60.9 Å². The number of benzene rings is 2. The summed E-state index contributed by atoms with van der Waals surface area (Å²) in [6.07, 6.45) is 1.89. The molecule has 0 bridgehead atoms. The van der Waals surface area contributed by atoms with Crippen LogP contribution in [-0.2, 0) is 9.59 Å². The molecule has 192 valence electrons. The lowest BCUT2D eigenvalue weighted by Crippen LogP contribution is -2.53. The Balaban J connectivity index is 1.55. The van der Waals surface area contributed by atoms with Gasteiger partial charge in [-0.05, 0) is 61.2 Å². The van der Waals surface area contributed by atoms with Gasteiger partial charge in [-0.25, -0.2) is 4.39 Å². The van der Waals surface area contributed by atoms with Crippen molar-refractivity contribution in [1.82, 2.24) is 14.7 Å². The fourth-order valence-electron chi connectivity index (χ4n) is 5.32. The fourth-order valence-corrected chi connectivity index (χ4v) is 5.63. The molecule has 2 aliphatic heterocycles. The van der Waals surface area contributed by atoms with E-state index in [1.807, 2.05) is 11.0 Å². The lowest BCUT2D eigenvalue weighted by molar-refractivity contribution is -0.141.